The summed E-state index contributed by atoms with van der Waals surface area (Å²) in [6, 6.07) is 15.1. The molecule has 0 saturated heterocycles. The fraction of sp³-hybridized carbons (Fsp3) is 0.278. The number of hydrogen-bond donors (Lipinski definition) is 1. The molecule has 22 heavy (non-hydrogen) atoms. The molecular weight excluding hydrogens is 300 g/mol. The van der Waals surface area contributed by atoms with Crippen LogP contribution < -0.4 is 0 Å². The molecule has 116 valence electrons. The average Bonchev–Trinajstić information content (AvgIpc) is 2.55. The van der Waals surface area contributed by atoms with Crippen molar-refractivity contribution in [2.45, 2.75) is 25.9 Å². The Morgan fingerprint density at radius 2 is 1.82 bits per heavy atom. The Morgan fingerprint density at radius 3 is 2.36 bits per heavy atom. The number of esters is 1. The van der Waals surface area contributed by atoms with E-state index in [1.54, 1.807) is 26.0 Å². The van der Waals surface area contributed by atoms with Gasteiger partial charge in [0.2, 0.25) is 0 Å². The minimum Gasteiger partial charge on any atom is -0.464 e. The van der Waals surface area contributed by atoms with Gasteiger partial charge in [-0.3, -0.25) is 0 Å². The molecule has 0 radical (unpaired) electrons. The van der Waals surface area contributed by atoms with Crippen molar-refractivity contribution in [3.8, 4) is 11.1 Å². The topological polar surface area (TPSA) is 46.5 Å². The fourth-order valence-electron chi connectivity index (χ4n) is 2.36. The average molecular weight is 319 g/mol. The normalized spacial score (nSPS) is 13.5. The molecule has 0 saturated carbocycles. The van der Waals surface area contributed by atoms with Crippen LogP contribution >= 0.6 is 11.6 Å². The Kier molecular flexibility index (Phi) is 5.22. The maximum Gasteiger partial charge on any atom is 0.342 e. The van der Waals surface area contributed by atoms with Gasteiger partial charge in [0.05, 0.1) is 6.61 Å². The van der Waals surface area contributed by atoms with Crippen molar-refractivity contribution in [3.63, 3.8) is 0 Å². The first-order valence-corrected chi connectivity index (χ1v) is 7.65. The van der Waals surface area contributed by atoms with Gasteiger partial charge >= 0.3 is 5.97 Å². The summed E-state index contributed by atoms with van der Waals surface area (Å²) in [7, 11) is 0. The largest absolute Gasteiger partial charge is 0.464 e. The van der Waals surface area contributed by atoms with Crippen LogP contribution in [0.4, 0.5) is 0 Å². The number of carbonyl (C=O) groups excluding carboxylic acids is 1. The molecule has 2 aromatic carbocycles. The van der Waals surface area contributed by atoms with Crippen molar-refractivity contribution in [3.05, 3.63) is 59.1 Å². The summed E-state index contributed by atoms with van der Waals surface area (Å²) in [5.41, 5.74) is 0.598. The van der Waals surface area contributed by atoms with E-state index in [4.69, 9.17) is 16.3 Å². The molecule has 0 aromatic heterocycles. The van der Waals surface area contributed by atoms with E-state index < -0.39 is 11.6 Å². The second-order valence-electron chi connectivity index (χ2n) is 4.99. The summed E-state index contributed by atoms with van der Waals surface area (Å²) in [4.78, 5) is 12.1. The van der Waals surface area contributed by atoms with E-state index in [0.29, 0.717) is 10.6 Å². The van der Waals surface area contributed by atoms with Gasteiger partial charge in [0.25, 0.3) is 0 Å². The van der Waals surface area contributed by atoms with E-state index in [0.717, 1.165) is 11.1 Å². The van der Waals surface area contributed by atoms with Gasteiger partial charge in [-0.25, -0.2) is 4.79 Å². The van der Waals surface area contributed by atoms with Crippen LogP contribution in [0.2, 0.25) is 5.02 Å². The minimum absolute atomic E-state index is 0.191. The van der Waals surface area contributed by atoms with Crippen LogP contribution in [0.25, 0.3) is 11.1 Å². The zero-order valence-corrected chi connectivity index (χ0v) is 13.4. The predicted octanol–water partition coefficient (Wildman–Crippen LogP) is 4.17. The number of rotatable bonds is 5. The predicted molar refractivity (Wildman–Crippen MR) is 87.7 cm³/mol. The highest BCUT2D eigenvalue weighted by Crippen LogP contribution is 2.35. The number of benzene rings is 2. The van der Waals surface area contributed by atoms with Crippen LogP contribution in [0.15, 0.2) is 48.5 Å². The molecule has 0 fully saturated rings. The van der Waals surface area contributed by atoms with Crippen molar-refractivity contribution in [2.75, 3.05) is 6.61 Å². The molecule has 0 aliphatic carbocycles. The Balaban J connectivity index is 2.43. The zero-order chi connectivity index (χ0) is 16.2. The molecule has 0 bridgehead atoms. The van der Waals surface area contributed by atoms with Gasteiger partial charge in [0.1, 0.15) is 0 Å². The molecule has 2 rings (SSSR count). The molecule has 0 spiro atoms. The highest BCUT2D eigenvalue weighted by atomic mass is 35.5. The Labute approximate surface area is 135 Å². The number of hydrogen-bond acceptors (Lipinski definition) is 3. The molecule has 4 heteroatoms. The van der Waals surface area contributed by atoms with E-state index >= 15 is 0 Å². The quantitative estimate of drug-likeness (QED) is 0.842. The maximum absolute atomic E-state index is 12.1. The Morgan fingerprint density at radius 1 is 1.14 bits per heavy atom. The SMILES string of the molecule is CCOC(=O)C(O)(CC)c1ccc(-c2ccccc2)cc1Cl. The van der Waals surface area contributed by atoms with Gasteiger partial charge in [-0.2, -0.15) is 0 Å². The molecule has 1 unspecified atom stereocenters. The van der Waals surface area contributed by atoms with Crippen LogP contribution in [-0.4, -0.2) is 17.7 Å². The summed E-state index contributed by atoms with van der Waals surface area (Å²) < 4.78 is 4.97. The van der Waals surface area contributed by atoms with Crippen LogP contribution in [0.1, 0.15) is 25.8 Å². The van der Waals surface area contributed by atoms with E-state index in [1.165, 1.54) is 0 Å². The molecule has 0 amide bonds. The summed E-state index contributed by atoms with van der Waals surface area (Å²) in [6.45, 7) is 3.63. The van der Waals surface area contributed by atoms with Crippen molar-refractivity contribution in [1.82, 2.24) is 0 Å². The van der Waals surface area contributed by atoms with Gasteiger partial charge in [-0.05, 0) is 30.5 Å². The fourth-order valence-corrected chi connectivity index (χ4v) is 2.69. The molecule has 0 heterocycles. The second-order valence-corrected chi connectivity index (χ2v) is 5.40. The van der Waals surface area contributed by atoms with Crippen LogP contribution in [0.3, 0.4) is 0 Å². The van der Waals surface area contributed by atoms with Crippen LogP contribution in [0.5, 0.6) is 0 Å². The maximum atomic E-state index is 12.1. The van der Waals surface area contributed by atoms with Gasteiger partial charge in [0, 0.05) is 10.6 Å². The monoisotopic (exact) mass is 318 g/mol. The first kappa shape index (κ1) is 16.5. The van der Waals surface area contributed by atoms with Crippen molar-refractivity contribution in [2.24, 2.45) is 0 Å². The van der Waals surface area contributed by atoms with E-state index in [1.807, 2.05) is 36.4 Å². The number of aliphatic hydroxyl groups is 1. The third kappa shape index (κ3) is 3.16. The van der Waals surface area contributed by atoms with Crippen molar-refractivity contribution in [1.29, 1.82) is 0 Å². The third-order valence-corrected chi connectivity index (χ3v) is 3.96. The lowest BCUT2D eigenvalue weighted by Crippen LogP contribution is -2.37. The lowest BCUT2D eigenvalue weighted by molar-refractivity contribution is -0.166. The molecule has 2 aromatic rings. The lowest BCUT2D eigenvalue weighted by atomic mass is 9.89. The summed E-state index contributed by atoms with van der Waals surface area (Å²) in [5.74, 6) is -0.674. The standard InChI is InChI=1S/C18H19ClO3/c1-3-18(21,17(20)22-4-2)15-11-10-14(12-16(15)19)13-8-6-5-7-9-13/h5-12,21H,3-4H2,1-2H3. The first-order valence-electron chi connectivity index (χ1n) is 7.28. The molecule has 1 atom stereocenters. The van der Waals surface area contributed by atoms with Gasteiger partial charge in [0.15, 0.2) is 5.60 Å². The molecular formula is C18H19ClO3. The number of halogens is 1. The summed E-state index contributed by atoms with van der Waals surface area (Å²) in [5, 5.41) is 11.0. The number of ether oxygens (including phenoxy) is 1. The Bertz CT molecular complexity index is 655. The zero-order valence-electron chi connectivity index (χ0n) is 12.7. The van der Waals surface area contributed by atoms with Crippen molar-refractivity contribution >= 4 is 17.6 Å². The second kappa shape index (κ2) is 6.95. The molecule has 1 N–H and O–H groups in total. The summed E-state index contributed by atoms with van der Waals surface area (Å²) in [6.07, 6.45) is 0.191. The molecule has 0 aliphatic rings. The van der Waals surface area contributed by atoms with Gasteiger partial charge in [-0.15, -0.1) is 0 Å². The van der Waals surface area contributed by atoms with E-state index in [9.17, 15) is 9.90 Å². The smallest absolute Gasteiger partial charge is 0.342 e. The minimum atomic E-state index is -1.72. The van der Waals surface area contributed by atoms with Crippen LogP contribution in [0, 0.1) is 0 Å². The highest BCUT2D eigenvalue weighted by Gasteiger charge is 2.39. The molecule has 0 aliphatic heterocycles. The van der Waals surface area contributed by atoms with E-state index in [-0.39, 0.29) is 13.0 Å². The molecule has 3 nitrogen and oxygen atoms in total. The Hall–Kier alpha value is -1.84. The van der Waals surface area contributed by atoms with Crippen molar-refractivity contribution < 1.29 is 14.6 Å². The first-order chi connectivity index (χ1) is 10.5. The van der Waals surface area contributed by atoms with Gasteiger partial charge < -0.3 is 9.84 Å². The number of carbonyl (C=O) groups is 1. The third-order valence-electron chi connectivity index (χ3n) is 3.65. The van der Waals surface area contributed by atoms with Crippen LogP contribution in [-0.2, 0) is 15.1 Å². The lowest BCUT2D eigenvalue weighted by Gasteiger charge is -2.26. The highest BCUT2D eigenvalue weighted by molar-refractivity contribution is 6.32. The van der Waals surface area contributed by atoms with Gasteiger partial charge in [-0.1, -0.05) is 61.0 Å². The summed E-state index contributed by atoms with van der Waals surface area (Å²) >= 11 is 6.32. The van der Waals surface area contributed by atoms with E-state index in [2.05, 4.69) is 0 Å².